The summed E-state index contributed by atoms with van der Waals surface area (Å²) in [7, 11) is 0. The molecule has 0 spiro atoms. The van der Waals surface area contributed by atoms with Crippen molar-refractivity contribution < 1.29 is 9.47 Å². The summed E-state index contributed by atoms with van der Waals surface area (Å²) < 4.78 is 18.0. The normalized spacial score (nSPS) is 13.7. The van der Waals surface area contributed by atoms with E-state index in [1.165, 1.54) is 60.2 Å². The second-order valence-electron chi connectivity index (χ2n) is 11.2. The van der Waals surface area contributed by atoms with Crippen LogP contribution >= 0.6 is 0 Å². The zero-order valence-electron chi connectivity index (χ0n) is 21.8. The molecule has 5 heterocycles. The number of hydrogen-bond acceptors (Lipinski definition) is 2. The van der Waals surface area contributed by atoms with E-state index in [-0.39, 0.29) is 6.71 Å². The Kier molecular flexibility index (Phi) is 3.41. The summed E-state index contributed by atoms with van der Waals surface area (Å²) >= 11 is 0. The highest BCUT2D eigenvalue weighted by molar-refractivity contribution is 7.00. The van der Waals surface area contributed by atoms with Crippen molar-refractivity contribution in [3.63, 3.8) is 0 Å². The van der Waals surface area contributed by atoms with Gasteiger partial charge in [-0.15, -0.1) is 0 Å². The second kappa shape index (κ2) is 6.83. The highest BCUT2D eigenvalue weighted by Gasteiger charge is 2.46. The molecule has 0 radical (unpaired) electrons. The average molecular weight is 522 g/mol. The van der Waals surface area contributed by atoms with E-state index in [2.05, 4.69) is 118 Å². The zero-order valence-corrected chi connectivity index (χ0v) is 21.8. The maximum Gasteiger partial charge on any atom is 0.266 e. The largest absolute Gasteiger partial charge is 0.458 e. The van der Waals surface area contributed by atoms with E-state index >= 15 is 0 Å². The molecule has 3 aliphatic heterocycles. The van der Waals surface area contributed by atoms with Crippen LogP contribution in [0.1, 0.15) is 0 Å². The maximum atomic E-state index is 6.59. The van der Waals surface area contributed by atoms with Crippen LogP contribution in [-0.4, -0.2) is 15.8 Å². The van der Waals surface area contributed by atoms with E-state index < -0.39 is 0 Å². The van der Waals surface area contributed by atoms with Crippen LogP contribution in [0.2, 0.25) is 0 Å². The van der Waals surface area contributed by atoms with Crippen molar-refractivity contribution in [1.29, 1.82) is 0 Å². The fourth-order valence-electron chi connectivity index (χ4n) is 7.88. The van der Waals surface area contributed by atoms with Crippen molar-refractivity contribution in [2.45, 2.75) is 0 Å². The summed E-state index contributed by atoms with van der Waals surface area (Å²) in [4.78, 5) is 0. The van der Waals surface area contributed by atoms with Gasteiger partial charge in [0.15, 0.2) is 0 Å². The summed E-state index contributed by atoms with van der Waals surface area (Å²) in [6.07, 6.45) is 0. The first-order valence-corrected chi connectivity index (χ1v) is 14.1. The molecule has 0 N–H and O–H groups in total. The molecule has 0 fully saturated rings. The van der Waals surface area contributed by atoms with Gasteiger partial charge in [-0.2, -0.15) is 0 Å². The predicted octanol–water partition coefficient (Wildman–Crippen LogP) is 6.92. The van der Waals surface area contributed by atoms with Crippen molar-refractivity contribution in [3.8, 4) is 34.4 Å². The van der Waals surface area contributed by atoms with Gasteiger partial charge in [-0.3, -0.25) is 0 Å². The molecule has 0 bridgehead atoms. The van der Waals surface area contributed by atoms with Crippen LogP contribution in [-0.2, 0) is 0 Å². The van der Waals surface area contributed by atoms with Gasteiger partial charge in [0, 0.05) is 38.4 Å². The number of nitrogens with zero attached hydrogens (tertiary/aromatic N) is 2. The minimum atomic E-state index is 0.0755. The number of hydrogen-bond donors (Lipinski definition) is 0. The third-order valence-corrected chi connectivity index (χ3v) is 9.36. The molecule has 2 aromatic heterocycles. The molecule has 41 heavy (non-hydrogen) atoms. The van der Waals surface area contributed by atoms with E-state index in [1.54, 1.807) is 0 Å². The fraction of sp³-hybridized carbons (Fsp3) is 0. The summed E-state index contributed by atoms with van der Waals surface area (Å²) in [5.41, 5.74) is 10.8. The number of ether oxygens (including phenoxy) is 2. The van der Waals surface area contributed by atoms with Crippen molar-refractivity contribution in [2.24, 2.45) is 0 Å². The SMILES string of the molecule is c1ccc(-n2c3ccccc3c3c2ccc2c4ccc5c6c4n(c23)-c2cccc3c2B6c2c(cccc2O5)O3)cc1. The lowest BCUT2D eigenvalue weighted by Gasteiger charge is -2.37. The molecule has 0 saturated carbocycles. The smallest absolute Gasteiger partial charge is 0.266 e. The Morgan fingerprint density at radius 3 is 1.98 bits per heavy atom. The zero-order chi connectivity index (χ0) is 26.4. The molecule has 4 nitrogen and oxygen atoms in total. The van der Waals surface area contributed by atoms with Gasteiger partial charge in [-0.1, -0.05) is 54.6 Å². The monoisotopic (exact) mass is 522 g/mol. The minimum absolute atomic E-state index is 0.0755. The summed E-state index contributed by atoms with van der Waals surface area (Å²) in [6, 6.07) is 41.1. The van der Waals surface area contributed by atoms with Crippen LogP contribution in [0.25, 0.3) is 55.0 Å². The molecule has 0 saturated heterocycles. The molecule has 3 aliphatic rings. The van der Waals surface area contributed by atoms with E-state index in [4.69, 9.17) is 9.47 Å². The Hall–Kier alpha value is -5.42. The number of fused-ring (bicyclic) bond motifs is 8. The van der Waals surface area contributed by atoms with Gasteiger partial charge in [-0.25, -0.2) is 0 Å². The van der Waals surface area contributed by atoms with Gasteiger partial charge in [0.25, 0.3) is 6.71 Å². The second-order valence-corrected chi connectivity index (χ2v) is 11.2. The summed E-state index contributed by atoms with van der Waals surface area (Å²) in [5, 5.41) is 5.02. The van der Waals surface area contributed by atoms with Gasteiger partial charge < -0.3 is 18.6 Å². The lowest BCUT2D eigenvalue weighted by Crippen LogP contribution is -2.60. The standard InChI is InChI=1S/C36H19BN2O2/c1-2-8-20(9-3-1)38-24-11-5-4-10-23(24)31-25(38)18-16-21-22-17-19-30-34-36(22)39(35(21)31)26-12-6-13-27-32(26)37(34)33-28(40-27)14-7-15-29(33)41-30/h1-19H. The van der Waals surface area contributed by atoms with Crippen LogP contribution in [0.15, 0.2) is 115 Å². The molecule has 188 valence electrons. The third-order valence-electron chi connectivity index (χ3n) is 9.36. The minimum Gasteiger partial charge on any atom is -0.458 e. The van der Waals surface area contributed by atoms with E-state index in [0.29, 0.717) is 0 Å². The first-order chi connectivity index (χ1) is 20.4. The van der Waals surface area contributed by atoms with E-state index in [0.717, 1.165) is 34.1 Å². The average Bonchev–Trinajstić information content (AvgIpc) is 3.54. The van der Waals surface area contributed by atoms with Crippen LogP contribution in [0, 0.1) is 0 Å². The molecule has 0 aliphatic carbocycles. The number of benzene rings is 6. The van der Waals surface area contributed by atoms with Crippen molar-refractivity contribution in [2.75, 3.05) is 0 Å². The van der Waals surface area contributed by atoms with Gasteiger partial charge in [-0.05, 0) is 71.6 Å². The Balaban J connectivity index is 1.40. The Morgan fingerprint density at radius 1 is 0.439 bits per heavy atom. The van der Waals surface area contributed by atoms with Gasteiger partial charge in [0.1, 0.15) is 23.0 Å². The fourth-order valence-corrected chi connectivity index (χ4v) is 7.88. The summed E-state index contributed by atoms with van der Waals surface area (Å²) in [5.74, 6) is 3.63. The Labute approximate surface area is 234 Å². The number of para-hydroxylation sites is 2. The molecular formula is C36H19BN2O2. The maximum absolute atomic E-state index is 6.59. The Bertz CT molecular complexity index is 2470. The number of aromatic nitrogens is 2. The highest BCUT2D eigenvalue weighted by atomic mass is 16.5. The molecule has 0 unspecified atom stereocenters. The lowest BCUT2D eigenvalue weighted by atomic mass is 9.33. The molecule has 0 amide bonds. The van der Waals surface area contributed by atoms with E-state index in [9.17, 15) is 0 Å². The third kappa shape index (κ3) is 2.26. The molecule has 6 aromatic carbocycles. The van der Waals surface area contributed by atoms with Gasteiger partial charge in [0.05, 0.1) is 22.1 Å². The first-order valence-electron chi connectivity index (χ1n) is 14.1. The van der Waals surface area contributed by atoms with Crippen LogP contribution in [0.3, 0.4) is 0 Å². The van der Waals surface area contributed by atoms with Gasteiger partial charge in [0.2, 0.25) is 0 Å². The topological polar surface area (TPSA) is 28.3 Å². The summed E-state index contributed by atoms with van der Waals surface area (Å²) in [6.45, 7) is 0.0755. The predicted molar refractivity (Wildman–Crippen MR) is 166 cm³/mol. The Morgan fingerprint density at radius 2 is 1.12 bits per heavy atom. The number of rotatable bonds is 1. The molecule has 11 rings (SSSR count). The van der Waals surface area contributed by atoms with E-state index in [1.807, 2.05) is 6.07 Å². The van der Waals surface area contributed by atoms with Crippen LogP contribution in [0.4, 0.5) is 0 Å². The molecular weight excluding hydrogens is 503 g/mol. The van der Waals surface area contributed by atoms with Crippen molar-refractivity contribution >= 4 is 66.7 Å². The van der Waals surface area contributed by atoms with Crippen molar-refractivity contribution in [3.05, 3.63) is 115 Å². The van der Waals surface area contributed by atoms with Crippen LogP contribution in [0.5, 0.6) is 23.0 Å². The molecule has 8 aromatic rings. The molecule has 0 atom stereocenters. The molecule has 5 heteroatoms. The lowest BCUT2D eigenvalue weighted by molar-refractivity contribution is 0.464. The van der Waals surface area contributed by atoms with Crippen molar-refractivity contribution in [1.82, 2.24) is 9.13 Å². The quantitative estimate of drug-likeness (QED) is 0.219. The highest BCUT2D eigenvalue weighted by Crippen LogP contribution is 2.46. The van der Waals surface area contributed by atoms with Gasteiger partial charge >= 0.3 is 0 Å². The first kappa shape index (κ1) is 20.5. The van der Waals surface area contributed by atoms with Crippen LogP contribution < -0.4 is 25.9 Å².